The lowest BCUT2D eigenvalue weighted by Gasteiger charge is -2.32. The van der Waals surface area contributed by atoms with E-state index in [2.05, 4.69) is 30.7 Å². The van der Waals surface area contributed by atoms with E-state index in [9.17, 15) is 0 Å². The van der Waals surface area contributed by atoms with Gasteiger partial charge in [-0.25, -0.2) is 0 Å². The molecule has 0 spiro atoms. The first-order chi connectivity index (χ1) is 11.4. The normalized spacial score (nSPS) is 22.5. The molecule has 1 unspecified atom stereocenters. The lowest BCUT2D eigenvalue weighted by Crippen LogP contribution is -2.35. The van der Waals surface area contributed by atoms with Crippen LogP contribution in [0.2, 0.25) is 0 Å². The zero-order chi connectivity index (χ0) is 15.5. The van der Waals surface area contributed by atoms with Gasteiger partial charge in [-0.05, 0) is 43.9 Å². The highest BCUT2D eigenvalue weighted by Gasteiger charge is 2.27. The summed E-state index contributed by atoms with van der Waals surface area (Å²) in [6.07, 6.45) is 11.2. The third-order valence-electron chi connectivity index (χ3n) is 5.14. The third-order valence-corrected chi connectivity index (χ3v) is 5.14. The van der Waals surface area contributed by atoms with Gasteiger partial charge in [-0.1, -0.05) is 12.5 Å². The van der Waals surface area contributed by atoms with Gasteiger partial charge in [0.25, 0.3) is 0 Å². The molecule has 5 nitrogen and oxygen atoms in total. The van der Waals surface area contributed by atoms with E-state index in [-0.39, 0.29) is 0 Å². The van der Waals surface area contributed by atoms with Crippen LogP contribution in [0.1, 0.15) is 55.2 Å². The minimum Gasteiger partial charge on any atom is -0.315 e. The van der Waals surface area contributed by atoms with Crippen LogP contribution in [-0.4, -0.2) is 37.7 Å². The maximum Gasteiger partial charge on any atom is 0.137 e. The Balaban J connectivity index is 1.48. The topological polar surface area (TPSA) is 46.8 Å². The first-order valence-corrected chi connectivity index (χ1v) is 8.93. The molecule has 2 aliphatic rings. The van der Waals surface area contributed by atoms with Crippen molar-refractivity contribution in [2.24, 2.45) is 0 Å². The summed E-state index contributed by atoms with van der Waals surface area (Å²) in [6.45, 7) is 4.36. The molecule has 4 heterocycles. The van der Waals surface area contributed by atoms with Crippen molar-refractivity contribution < 1.29 is 0 Å². The van der Waals surface area contributed by atoms with Crippen molar-refractivity contribution in [2.75, 3.05) is 13.1 Å². The number of aryl methyl sites for hydroxylation is 1. The van der Waals surface area contributed by atoms with Gasteiger partial charge in [0.2, 0.25) is 0 Å². The molecule has 0 N–H and O–H groups in total. The molecule has 0 aromatic carbocycles. The summed E-state index contributed by atoms with van der Waals surface area (Å²) in [6, 6.07) is 4.19. The fourth-order valence-electron chi connectivity index (χ4n) is 3.97. The molecule has 0 radical (unpaired) electrons. The largest absolute Gasteiger partial charge is 0.315 e. The SMILES string of the molecule is c1cncc(CN2CCCC(c3nnc4n3CCCCC4)C2)c1. The highest BCUT2D eigenvalue weighted by Crippen LogP contribution is 2.28. The number of piperidine rings is 1. The molecule has 23 heavy (non-hydrogen) atoms. The fourth-order valence-corrected chi connectivity index (χ4v) is 3.97. The van der Waals surface area contributed by atoms with Crippen LogP contribution >= 0.6 is 0 Å². The smallest absolute Gasteiger partial charge is 0.137 e. The molecule has 1 fully saturated rings. The Hall–Kier alpha value is -1.75. The van der Waals surface area contributed by atoms with Crippen LogP contribution in [0, 0.1) is 0 Å². The van der Waals surface area contributed by atoms with Crippen LogP contribution in [0.3, 0.4) is 0 Å². The van der Waals surface area contributed by atoms with Gasteiger partial charge in [0, 0.05) is 44.4 Å². The Morgan fingerprint density at radius 1 is 1.09 bits per heavy atom. The van der Waals surface area contributed by atoms with E-state index in [1.54, 1.807) is 0 Å². The Morgan fingerprint density at radius 3 is 3.00 bits per heavy atom. The fraction of sp³-hybridized carbons (Fsp3) is 0.611. The average molecular weight is 311 g/mol. The van der Waals surface area contributed by atoms with Crippen LogP contribution in [0.15, 0.2) is 24.5 Å². The maximum absolute atomic E-state index is 4.58. The summed E-state index contributed by atoms with van der Waals surface area (Å²) >= 11 is 0. The number of aromatic nitrogens is 4. The second kappa shape index (κ2) is 6.79. The van der Waals surface area contributed by atoms with Gasteiger partial charge in [0.1, 0.15) is 11.6 Å². The van der Waals surface area contributed by atoms with Gasteiger partial charge in [-0.2, -0.15) is 0 Å². The van der Waals surface area contributed by atoms with E-state index in [1.807, 2.05) is 18.5 Å². The lowest BCUT2D eigenvalue weighted by molar-refractivity contribution is 0.194. The van der Waals surface area contributed by atoms with Crippen molar-refractivity contribution in [1.29, 1.82) is 0 Å². The number of likely N-dealkylation sites (tertiary alicyclic amines) is 1. The van der Waals surface area contributed by atoms with Crippen molar-refractivity contribution in [3.05, 3.63) is 41.7 Å². The molecule has 5 heteroatoms. The molecular weight excluding hydrogens is 286 g/mol. The molecule has 2 aliphatic heterocycles. The number of fused-ring (bicyclic) bond motifs is 1. The van der Waals surface area contributed by atoms with Gasteiger partial charge >= 0.3 is 0 Å². The Labute approximate surface area is 137 Å². The van der Waals surface area contributed by atoms with Crippen molar-refractivity contribution in [1.82, 2.24) is 24.6 Å². The number of rotatable bonds is 3. The van der Waals surface area contributed by atoms with Crippen LogP contribution in [0.5, 0.6) is 0 Å². The number of pyridine rings is 1. The standard InChI is InChI=1S/C18H25N5/c1-2-8-17-20-21-18(23(17)11-3-1)16-7-5-10-22(14-16)13-15-6-4-9-19-12-15/h4,6,9,12,16H,1-3,5,7-8,10-11,13-14H2. The lowest BCUT2D eigenvalue weighted by atomic mass is 9.96. The molecule has 2 aromatic heterocycles. The summed E-state index contributed by atoms with van der Waals surface area (Å²) in [5.41, 5.74) is 1.30. The molecule has 4 rings (SSSR count). The summed E-state index contributed by atoms with van der Waals surface area (Å²) in [7, 11) is 0. The quantitative estimate of drug-likeness (QED) is 0.874. The number of hydrogen-bond donors (Lipinski definition) is 0. The molecule has 122 valence electrons. The number of hydrogen-bond acceptors (Lipinski definition) is 4. The van der Waals surface area contributed by atoms with Gasteiger partial charge in [-0.3, -0.25) is 9.88 Å². The monoisotopic (exact) mass is 311 g/mol. The van der Waals surface area contributed by atoms with E-state index in [1.165, 1.54) is 55.9 Å². The highest BCUT2D eigenvalue weighted by molar-refractivity contribution is 5.10. The molecule has 2 aromatic rings. The Kier molecular flexibility index (Phi) is 4.37. The Morgan fingerprint density at radius 2 is 2.09 bits per heavy atom. The van der Waals surface area contributed by atoms with Crippen molar-refractivity contribution >= 4 is 0 Å². The maximum atomic E-state index is 4.58. The summed E-state index contributed by atoms with van der Waals surface area (Å²) in [5, 5.41) is 9.06. The van der Waals surface area contributed by atoms with Crippen molar-refractivity contribution in [3.63, 3.8) is 0 Å². The van der Waals surface area contributed by atoms with Crippen molar-refractivity contribution in [3.8, 4) is 0 Å². The molecule has 0 amide bonds. The van der Waals surface area contributed by atoms with Crippen LogP contribution in [-0.2, 0) is 19.5 Å². The van der Waals surface area contributed by atoms with E-state index >= 15 is 0 Å². The predicted octanol–water partition coefficient (Wildman–Crippen LogP) is 2.78. The second-order valence-electron chi connectivity index (χ2n) is 6.87. The third kappa shape index (κ3) is 3.29. The highest BCUT2D eigenvalue weighted by atomic mass is 15.3. The average Bonchev–Trinajstić information content (AvgIpc) is 2.85. The number of nitrogens with zero attached hydrogens (tertiary/aromatic N) is 5. The molecular formula is C18H25N5. The summed E-state index contributed by atoms with van der Waals surface area (Å²) < 4.78 is 2.42. The van der Waals surface area contributed by atoms with E-state index in [0.717, 1.165) is 26.1 Å². The van der Waals surface area contributed by atoms with Crippen LogP contribution in [0.25, 0.3) is 0 Å². The second-order valence-corrected chi connectivity index (χ2v) is 6.87. The van der Waals surface area contributed by atoms with E-state index in [0.29, 0.717) is 5.92 Å². The molecule has 1 atom stereocenters. The van der Waals surface area contributed by atoms with Gasteiger partial charge in [0.05, 0.1) is 0 Å². The minimum atomic E-state index is 0.528. The van der Waals surface area contributed by atoms with Crippen LogP contribution in [0.4, 0.5) is 0 Å². The zero-order valence-corrected chi connectivity index (χ0v) is 13.7. The van der Waals surface area contributed by atoms with E-state index in [4.69, 9.17) is 0 Å². The van der Waals surface area contributed by atoms with Gasteiger partial charge in [0.15, 0.2) is 0 Å². The van der Waals surface area contributed by atoms with Crippen molar-refractivity contribution in [2.45, 2.75) is 57.5 Å². The predicted molar refractivity (Wildman–Crippen MR) is 89.1 cm³/mol. The zero-order valence-electron chi connectivity index (χ0n) is 13.7. The van der Waals surface area contributed by atoms with E-state index < -0.39 is 0 Å². The first-order valence-electron chi connectivity index (χ1n) is 8.93. The van der Waals surface area contributed by atoms with Gasteiger partial charge < -0.3 is 4.57 Å². The molecule has 0 aliphatic carbocycles. The summed E-state index contributed by atoms with van der Waals surface area (Å²) in [4.78, 5) is 6.78. The summed E-state index contributed by atoms with van der Waals surface area (Å²) in [5.74, 6) is 2.97. The minimum absolute atomic E-state index is 0.528. The van der Waals surface area contributed by atoms with Crippen LogP contribution < -0.4 is 0 Å². The van der Waals surface area contributed by atoms with Gasteiger partial charge in [-0.15, -0.1) is 10.2 Å². The molecule has 0 bridgehead atoms. The molecule has 1 saturated heterocycles. The first kappa shape index (κ1) is 14.8. The Bertz CT molecular complexity index is 636. The molecule has 0 saturated carbocycles.